The number of rotatable bonds is 38. The number of halogens is 4. The number of hydrogen-bond donors (Lipinski definition) is 6. The van der Waals surface area contributed by atoms with Crippen LogP contribution >= 0.6 is 15.2 Å². The maximum atomic E-state index is 16.6. The van der Waals surface area contributed by atoms with Gasteiger partial charge in [0.1, 0.15) is 0 Å². The SMILES string of the molecule is CCOC(=O)CCCCCCN1C(=O)CC[C@@H]1C=C[C@@H](OC(=O)Cc1cc(CC(=O)O[C@H](C=C[C@H]2CCC(=O)N2CCCCCCC(=O)OCC)C(F)(F)c2ccccc2)cc(C(=O)NCCCCC(O)(P(=O)(O)O)P(=O)(O)O)c1)C(F)(F)c1ccccc1. The van der Waals surface area contributed by atoms with Crippen molar-refractivity contribution in [1.82, 2.24) is 15.1 Å². The molecule has 490 valence electrons. The number of nitrogens with zero attached hydrogens (tertiary/aromatic N) is 2. The molecule has 89 heavy (non-hydrogen) atoms. The fourth-order valence-electron chi connectivity index (χ4n) is 10.4. The summed E-state index contributed by atoms with van der Waals surface area (Å²) in [6.07, 6.45) is 3.13. The lowest BCUT2D eigenvalue weighted by atomic mass is 9.99. The van der Waals surface area contributed by atoms with Crippen LogP contribution in [0.1, 0.15) is 156 Å². The van der Waals surface area contributed by atoms with E-state index in [1.165, 1.54) is 54.6 Å². The summed E-state index contributed by atoms with van der Waals surface area (Å²) in [5, 5.41) is 9.07. The number of carbonyl (C=O) groups is 7. The molecule has 3 aromatic rings. The molecular weight excluding hydrogens is 1210 g/mol. The summed E-state index contributed by atoms with van der Waals surface area (Å²) in [6.45, 7) is 4.21. The normalized spacial score (nSPS) is 16.7. The molecule has 3 aromatic carbocycles. The van der Waals surface area contributed by atoms with E-state index in [1.54, 1.807) is 23.6 Å². The molecule has 2 aliphatic heterocycles. The van der Waals surface area contributed by atoms with Crippen molar-refractivity contribution >= 4 is 56.8 Å². The minimum atomic E-state index is -5.79. The maximum absolute atomic E-state index is 16.6. The summed E-state index contributed by atoms with van der Waals surface area (Å²) in [6, 6.07) is 15.2. The number of unbranched alkanes of at least 4 members (excludes halogenated alkanes) is 7. The number of alkyl halides is 4. The Morgan fingerprint density at radius 2 is 1.00 bits per heavy atom. The molecule has 0 aliphatic carbocycles. The van der Waals surface area contributed by atoms with Gasteiger partial charge in [-0.25, -0.2) is 0 Å². The summed E-state index contributed by atoms with van der Waals surface area (Å²) in [4.78, 5) is 133. The van der Waals surface area contributed by atoms with E-state index in [-0.39, 0.29) is 105 Å². The lowest BCUT2D eigenvalue weighted by Gasteiger charge is -2.29. The van der Waals surface area contributed by atoms with Gasteiger partial charge in [-0.3, -0.25) is 42.7 Å². The van der Waals surface area contributed by atoms with Crippen LogP contribution in [0.5, 0.6) is 0 Å². The van der Waals surface area contributed by atoms with Crippen LogP contribution in [-0.4, -0.2) is 138 Å². The third-order valence-corrected chi connectivity index (χ3v) is 19.0. The number of benzene rings is 3. The molecule has 3 amide bonds. The van der Waals surface area contributed by atoms with Crippen molar-refractivity contribution < 1.29 is 104 Å². The van der Waals surface area contributed by atoms with Gasteiger partial charge in [0.25, 0.3) is 11.0 Å². The average molecular weight is 1290 g/mol. The van der Waals surface area contributed by atoms with Crippen molar-refractivity contribution in [2.75, 3.05) is 32.8 Å². The topological polar surface area (TPSA) is 310 Å². The van der Waals surface area contributed by atoms with E-state index < -0.39 is 111 Å². The van der Waals surface area contributed by atoms with Gasteiger partial charge < -0.3 is 58.7 Å². The van der Waals surface area contributed by atoms with Crippen LogP contribution in [0.4, 0.5) is 17.6 Å². The van der Waals surface area contributed by atoms with Gasteiger partial charge in [-0.05, 0) is 107 Å². The molecule has 0 unspecified atom stereocenters. The van der Waals surface area contributed by atoms with E-state index >= 15 is 17.6 Å². The van der Waals surface area contributed by atoms with E-state index in [2.05, 4.69) is 5.32 Å². The van der Waals surface area contributed by atoms with Gasteiger partial charge >= 0.3 is 50.9 Å². The summed E-state index contributed by atoms with van der Waals surface area (Å²) in [7, 11) is -11.6. The van der Waals surface area contributed by atoms with Gasteiger partial charge in [0, 0.05) is 62.0 Å². The van der Waals surface area contributed by atoms with E-state index in [9.17, 15) is 67.4 Å². The summed E-state index contributed by atoms with van der Waals surface area (Å²) >= 11 is 0. The third-order valence-electron chi connectivity index (χ3n) is 15.2. The first-order valence-corrected chi connectivity index (χ1v) is 33.1. The van der Waals surface area contributed by atoms with Crippen LogP contribution in [0.2, 0.25) is 0 Å². The van der Waals surface area contributed by atoms with Crippen molar-refractivity contribution in [2.45, 2.75) is 177 Å². The first-order valence-electron chi connectivity index (χ1n) is 29.9. The van der Waals surface area contributed by atoms with Crippen LogP contribution in [0.15, 0.2) is 103 Å². The zero-order valence-electron chi connectivity index (χ0n) is 49.9. The van der Waals surface area contributed by atoms with Gasteiger partial charge in [-0.1, -0.05) is 105 Å². The quantitative estimate of drug-likeness (QED) is 0.00777. The Morgan fingerprint density at radius 3 is 1.39 bits per heavy atom. The van der Waals surface area contributed by atoms with Crippen molar-refractivity contribution in [3.8, 4) is 0 Å². The Kier molecular flexibility index (Phi) is 28.4. The van der Waals surface area contributed by atoms with Crippen molar-refractivity contribution in [1.29, 1.82) is 0 Å². The Labute approximate surface area is 514 Å². The lowest BCUT2D eigenvalue weighted by molar-refractivity contribution is -0.167. The molecule has 21 nitrogen and oxygen atoms in total. The molecule has 2 aliphatic rings. The first-order chi connectivity index (χ1) is 42.1. The summed E-state index contributed by atoms with van der Waals surface area (Å²) in [5.41, 5.74) is -1.53. The van der Waals surface area contributed by atoms with Crippen LogP contribution in [-0.2, 0) is 81.5 Å². The van der Waals surface area contributed by atoms with Crippen molar-refractivity contribution in [3.63, 3.8) is 0 Å². The molecule has 27 heteroatoms. The monoisotopic (exact) mass is 1290 g/mol. The number of likely N-dealkylation sites (tertiary alicyclic amines) is 2. The molecule has 0 bridgehead atoms. The minimum Gasteiger partial charge on any atom is -0.466 e. The van der Waals surface area contributed by atoms with E-state index in [0.717, 1.165) is 48.6 Å². The molecule has 6 N–H and O–H groups in total. The van der Waals surface area contributed by atoms with Gasteiger partial charge in [0.2, 0.25) is 11.8 Å². The zero-order chi connectivity index (χ0) is 65.4. The Morgan fingerprint density at radius 1 is 0.596 bits per heavy atom. The number of esters is 4. The highest BCUT2D eigenvalue weighted by atomic mass is 31.2. The molecule has 2 heterocycles. The van der Waals surface area contributed by atoms with Gasteiger partial charge in [0.05, 0.1) is 38.1 Å². The number of ether oxygens (including phenoxy) is 4. The summed E-state index contributed by atoms with van der Waals surface area (Å²) in [5.74, 6) is -12.2. The van der Waals surface area contributed by atoms with E-state index in [0.29, 0.717) is 64.5 Å². The number of hydrogen-bond acceptors (Lipinski definition) is 14. The number of aliphatic hydroxyl groups is 1. The molecule has 2 saturated heterocycles. The number of carbonyl (C=O) groups excluding carboxylic acids is 7. The largest absolute Gasteiger partial charge is 0.466 e. The van der Waals surface area contributed by atoms with Crippen molar-refractivity contribution in [2.24, 2.45) is 0 Å². The fourth-order valence-corrected chi connectivity index (χ4v) is 12.7. The van der Waals surface area contributed by atoms with Crippen molar-refractivity contribution in [3.05, 3.63) is 131 Å². The van der Waals surface area contributed by atoms with Crippen LogP contribution in [0.3, 0.4) is 0 Å². The van der Waals surface area contributed by atoms with E-state index in [4.69, 9.17) is 18.9 Å². The molecule has 0 radical (unpaired) electrons. The van der Waals surface area contributed by atoms with E-state index in [1.807, 2.05) is 0 Å². The molecule has 5 rings (SSSR count). The van der Waals surface area contributed by atoms with Gasteiger partial charge in [-0.2, -0.15) is 17.6 Å². The highest BCUT2D eigenvalue weighted by Gasteiger charge is 2.58. The number of amides is 3. The molecule has 0 saturated carbocycles. The average Bonchev–Trinajstić information content (AvgIpc) is 2.94. The maximum Gasteiger partial charge on any atom is 0.369 e. The zero-order valence-corrected chi connectivity index (χ0v) is 51.7. The molecule has 4 atom stereocenters. The molecule has 0 aromatic heterocycles. The Bertz CT molecular complexity index is 2840. The van der Waals surface area contributed by atoms with Crippen LogP contribution in [0, 0.1) is 0 Å². The Balaban J connectivity index is 1.40. The summed E-state index contributed by atoms with van der Waals surface area (Å²) < 4.78 is 111. The highest BCUT2D eigenvalue weighted by molar-refractivity contribution is 7.72. The molecular formula is C62H81F4N3O18P2. The van der Waals surface area contributed by atoms with Crippen LogP contribution in [0.25, 0.3) is 0 Å². The second kappa shape index (κ2) is 34.6. The lowest BCUT2D eigenvalue weighted by Crippen LogP contribution is -2.36. The second-order valence-electron chi connectivity index (χ2n) is 21.9. The minimum absolute atomic E-state index is 0.101. The third kappa shape index (κ3) is 22.1. The Hall–Kier alpha value is -6.59. The first kappa shape index (κ1) is 73.1. The number of nitrogens with one attached hydrogen (secondary N) is 1. The highest BCUT2D eigenvalue weighted by Crippen LogP contribution is 2.69. The van der Waals surface area contributed by atoms with Crippen LogP contribution < -0.4 is 5.32 Å². The fraction of sp³-hybridized carbons (Fsp3) is 0.532. The smallest absolute Gasteiger partial charge is 0.369 e. The second-order valence-corrected chi connectivity index (χ2v) is 25.9. The predicted octanol–water partition coefficient (Wildman–Crippen LogP) is 9.20. The molecule has 2 fully saturated rings. The predicted molar refractivity (Wildman–Crippen MR) is 317 cm³/mol. The van der Waals surface area contributed by atoms with Gasteiger partial charge in [0.15, 0.2) is 12.2 Å². The molecule has 0 spiro atoms. The standard InChI is InChI=1S/C62H81F4N3O18P2/c1-3-84-55(72)25-15-5-7-19-37-68-49(29-33-53(68)70)27-31-51(61(63,64)47-21-11-9-12-22-47)86-57(74)42-44-39-45(41-46(40-44)59(76)67-36-18-17-35-60(77,88(78,79)80)89(81,82)83)43-58(75)87-52(62(65,66)48-23-13-10-14-24-48)32-28-50-30-34-54(71)69(50)38-20-8-6-16-26-56(73)85-4-2/h9-14,21-24,27-28,31-32,39-41,49-52,77H,3-8,15-20,25-26,29-30,33-38,42-43H2,1-2H3,(H,67,76)(H2,78,79,80)(H2,81,82,83)/t49-,50-,51+,52+/m0/s1. The van der Waals surface area contributed by atoms with Gasteiger partial charge in [-0.15, -0.1) is 0 Å².